The van der Waals surface area contributed by atoms with Crippen molar-refractivity contribution in [3.8, 4) is 0 Å². The van der Waals surface area contributed by atoms with E-state index in [1.54, 1.807) is 17.4 Å². The second-order valence-electron chi connectivity index (χ2n) is 3.94. The quantitative estimate of drug-likeness (QED) is 0.865. The van der Waals surface area contributed by atoms with Crippen LogP contribution in [0.1, 0.15) is 27.0 Å². The van der Waals surface area contributed by atoms with Gasteiger partial charge in [0.2, 0.25) is 0 Å². The van der Waals surface area contributed by atoms with Crippen LogP contribution >= 0.6 is 22.9 Å². The number of aryl methyl sites for hydroxylation is 2. The molecule has 1 nitrogen and oxygen atoms in total. The van der Waals surface area contributed by atoms with E-state index in [2.05, 4.69) is 0 Å². The second kappa shape index (κ2) is 4.77. The highest BCUT2D eigenvalue weighted by atomic mass is 35.5. The van der Waals surface area contributed by atoms with Gasteiger partial charge in [0.1, 0.15) is 11.9 Å². The molecule has 1 atom stereocenters. The van der Waals surface area contributed by atoms with Crippen LogP contribution in [0.15, 0.2) is 24.3 Å². The number of hydrogen-bond acceptors (Lipinski definition) is 2. The highest BCUT2D eigenvalue weighted by Crippen LogP contribution is 2.31. The van der Waals surface area contributed by atoms with Gasteiger partial charge in [0.15, 0.2) is 0 Å². The maximum atomic E-state index is 13.3. The zero-order chi connectivity index (χ0) is 12.6. The number of hydrogen-bond donors (Lipinski definition) is 1. The van der Waals surface area contributed by atoms with Crippen LogP contribution in [0.25, 0.3) is 0 Å². The van der Waals surface area contributed by atoms with Gasteiger partial charge in [-0.2, -0.15) is 0 Å². The lowest BCUT2D eigenvalue weighted by Gasteiger charge is -2.11. The van der Waals surface area contributed by atoms with Crippen molar-refractivity contribution in [1.29, 1.82) is 0 Å². The molecule has 0 fully saturated rings. The molecule has 1 aromatic heterocycles. The summed E-state index contributed by atoms with van der Waals surface area (Å²) in [5.74, 6) is -0.507. The second-order valence-corrected chi connectivity index (χ2v) is 5.81. The van der Waals surface area contributed by atoms with Crippen molar-refractivity contribution in [3.05, 3.63) is 56.0 Å². The van der Waals surface area contributed by atoms with Crippen molar-refractivity contribution in [3.63, 3.8) is 0 Å². The molecule has 1 heterocycles. The molecule has 0 bridgehead atoms. The molecule has 0 aliphatic heterocycles. The zero-order valence-corrected chi connectivity index (χ0v) is 11.1. The van der Waals surface area contributed by atoms with Crippen molar-refractivity contribution in [1.82, 2.24) is 0 Å². The van der Waals surface area contributed by atoms with Gasteiger partial charge in [-0.3, -0.25) is 0 Å². The Morgan fingerprint density at radius 1 is 1.29 bits per heavy atom. The summed E-state index contributed by atoms with van der Waals surface area (Å²) in [4.78, 5) is 2.18. The Labute approximate surface area is 108 Å². The van der Waals surface area contributed by atoms with E-state index in [1.165, 1.54) is 12.1 Å². The maximum absolute atomic E-state index is 13.3. The van der Waals surface area contributed by atoms with Crippen LogP contribution in [0.2, 0.25) is 5.02 Å². The first kappa shape index (κ1) is 12.6. The summed E-state index contributed by atoms with van der Waals surface area (Å²) in [6.45, 7) is 3.93. The molecule has 0 saturated carbocycles. The fraction of sp³-hybridized carbons (Fsp3) is 0.231. The van der Waals surface area contributed by atoms with Crippen LogP contribution in [-0.2, 0) is 0 Å². The summed E-state index contributed by atoms with van der Waals surface area (Å²) < 4.78 is 13.3. The van der Waals surface area contributed by atoms with Gasteiger partial charge < -0.3 is 5.11 Å². The topological polar surface area (TPSA) is 20.2 Å². The number of aliphatic hydroxyl groups excluding tert-OH is 1. The lowest BCUT2D eigenvalue weighted by atomic mass is 10.0. The first-order valence-electron chi connectivity index (χ1n) is 5.19. The van der Waals surface area contributed by atoms with E-state index in [0.29, 0.717) is 5.56 Å². The summed E-state index contributed by atoms with van der Waals surface area (Å²) in [6.07, 6.45) is -0.799. The molecular weight excluding hydrogens is 259 g/mol. The molecule has 0 saturated heterocycles. The minimum absolute atomic E-state index is 0.0687. The molecule has 0 spiro atoms. The first-order valence-corrected chi connectivity index (χ1v) is 6.38. The van der Waals surface area contributed by atoms with Crippen molar-refractivity contribution in [2.24, 2.45) is 0 Å². The third-order valence-corrected chi connectivity index (χ3v) is 3.92. The van der Waals surface area contributed by atoms with Crippen molar-refractivity contribution < 1.29 is 9.50 Å². The standard InChI is InChI=1S/C13H12ClFOS/c1-7-5-10(8(2)17-7)13(16)9-3-4-11(14)12(15)6-9/h3-6,13,16H,1-2H3. The maximum Gasteiger partial charge on any atom is 0.142 e. The van der Waals surface area contributed by atoms with Crippen LogP contribution in [0.3, 0.4) is 0 Å². The minimum atomic E-state index is -0.799. The van der Waals surface area contributed by atoms with Crippen LogP contribution in [0.4, 0.5) is 4.39 Å². The Kier molecular flexibility index (Phi) is 3.52. The van der Waals surface area contributed by atoms with E-state index in [9.17, 15) is 9.50 Å². The molecule has 90 valence electrons. The van der Waals surface area contributed by atoms with Gasteiger partial charge in [-0.1, -0.05) is 17.7 Å². The van der Waals surface area contributed by atoms with Crippen LogP contribution in [0.5, 0.6) is 0 Å². The largest absolute Gasteiger partial charge is 0.384 e. The average Bonchev–Trinajstić information content (AvgIpc) is 2.61. The monoisotopic (exact) mass is 270 g/mol. The van der Waals surface area contributed by atoms with E-state index in [4.69, 9.17) is 11.6 Å². The molecule has 0 amide bonds. The molecular formula is C13H12ClFOS. The summed E-state index contributed by atoms with van der Waals surface area (Å²) in [5, 5.41) is 10.3. The van der Waals surface area contributed by atoms with Gasteiger partial charge in [-0.05, 0) is 43.2 Å². The Bertz CT molecular complexity index is 550. The molecule has 4 heteroatoms. The zero-order valence-electron chi connectivity index (χ0n) is 9.50. The Balaban J connectivity index is 2.40. The van der Waals surface area contributed by atoms with E-state index < -0.39 is 11.9 Å². The van der Waals surface area contributed by atoms with Gasteiger partial charge in [-0.15, -0.1) is 11.3 Å². The third kappa shape index (κ3) is 2.51. The van der Waals surface area contributed by atoms with Crippen molar-refractivity contribution >= 4 is 22.9 Å². The van der Waals surface area contributed by atoms with Crippen LogP contribution in [0, 0.1) is 19.7 Å². The SMILES string of the molecule is Cc1cc(C(O)c2ccc(Cl)c(F)c2)c(C)s1. The molecule has 1 aromatic carbocycles. The lowest BCUT2D eigenvalue weighted by molar-refractivity contribution is 0.219. The fourth-order valence-electron chi connectivity index (χ4n) is 1.78. The van der Waals surface area contributed by atoms with E-state index in [1.807, 2.05) is 19.9 Å². The number of thiophene rings is 1. The number of rotatable bonds is 2. The van der Waals surface area contributed by atoms with Gasteiger partial charge in [0.05, 0.1) is 5.02 Å². The number of aliphatic hydroxyl groups is 1. The van der Waals surface area contributed by atoms with Gasteiger partial charge in [0.25, 0.3) is 0 Å². The molecule has 0 radical (unpaired) electrons. The molecule has 2 rings (SSSR count). The molecule has 17 heavy (non-hydrogen) atoms. The smallest absolute Gasteiger partial charge is 0.142 e. The Morgan fingerprint density at radius 2 is 2.00 bits per heavy atom. The van der Waals surface area contributed by atoms with E-state index >= 15 is 0 Å². The van der Waals surface area contributed by atoms with Gasteiger partial charge in [-0.25, -0.2) is 4.39 Å². The highest BCUT2D eigenvalue weighted by molar-refractivity contribution is 7.12. The predicted octanol–water partition coefficient (Wildman–Crippen LogP) is 4.24. The normalized spacial score (nSPS) is 12.8. The average molecular weight is 271 g/mol. The Morgan fingerprint density at radius 3 is 2.53 bits per heavy atom. The first-order chi connectivity index (χ1) is 7.99. The summed E-state index contributed by atoms with van der Waals surface area (Å²) in [6, 6.07) is 6.31. The summed E-state index contributed by atoms with van der Waals surface area (Å²) >= 11 is 7.23. The van der Waals surface area contributed by atoms with Crippen molar-refractivity contribution in [2.45, 2.75) is 20.0 Å². The Hall–Kier alpha value is -0.900. The minimum Gasteiger partial charge on any atom is -0.384 e. The molecule has 1 unspecified atom stereocenters. The highest BCUT2D eigenvalue weighted by Gasteiger charge is 2.16. The lowest BCUT2D eigenvalue weighted by Crippen LogP contribution is -2.00. The summed E-state index contributed by atoms with van der Waals surface area (Å²) in [5.41, 5.74) is 1.35. The summed E-state index contributed by atoms with van der Waals surface area (Å²) in [7, 11) is 0. The number of benzene rings is 1. The molecule has 1 N–H and O–H groups in total. The van der Waals surface area contributed by atoms with Gasteiger partial charge in [0, 0.05) is 9.75 Å². The van der Waals surface area contributed by atoms with E-state index in [-0.39, 0.29) is 5.02 Å². The fourth-order valence-corrected chi connectivity index (χ4v) is 2.86. The van der Waals surface area contributed by atoms with E-state index in [0.717, 1.165) is 15.3 Å². The predicted molar refractivity (Wildman–Crippen MR) is 69.3 cm³/mol. The van der Waals surface area contributed by atoms with Crippen LogP contribution in [-0.4, -0.2) is 5.11 Å². The van der Waals surface area contributed by atoms with Gasteiger partial charge >= 0.3 is 0 Å². The van der Waals surface area contributed by atoms with Crippen molar-refractivity contribution in [2.75, 3.05) is 0 Å². The molecule has 0 aliphatic carbocycles. The molecule has 2 aromatic rings. The third-order valence-electron chi connectivity index (χ3n) is 2.63. The van der Waals surface area contributed by atoms with Crippen LogP contribution < -0.4 is 0 Å². The number of halogens is 2. The molecule has 0 aliphatic rings.